The Morgan fingerprint density at radius 2 is 1.92 bits per heavy atom. The van der Waals surface area contributed by atoms with Crippen LogP contribution < -0.4 is 5.32 Å². The van der Waals surface area contributed by atoms with Crippen molar-refractivity contribution in [2.75, 3.05) is 19.6 Å². The number of carbonyl (C=O) groups is 1. The molecule has 0 aliphatic rings. The molecule has 0 aliphatic heterocycles. The number of hydrogen-bond donors (Lipinski definition) is 2. The van der Waals surface area contributed by atoms with Crippen LogP contribution in [0.4, 0.5) is 0 Å². The third kappa shape index (κ3) is 6.81. The fraction of sp³-hybridized carbons (Fsp3) is 0.875. The monoisotopic (exact) mass is 210 g/mol. The number of carboxylic acids is 1. The lowest BCUT2D eigenvalue weighted by Crippen LogP contribution is -2.45. The molecule has 0 amide bonds. The maximum absolute atomic E-state index is 10.2. The fourth-order valence-corrected chi connectivity index (χ4v) is 1.14. The number of nitrogens with zero attached hydrogens (tertiary/aromatic N) is 1. The first-order valence-corrected chi connectivity index (χ1v) is 4.31. The molecule has 0 aliphatic carbocycles. The largest absolute Gasteiger partial charge is 0.480 e. The van der Waals surface area contributed by atoms with Gasteiger partial charge in [0.1, 0.15) is 0 Å². The highest BCUT2D eigenvalue weighted by Crippen LogP contribution is 1.93. The lowest BCUT2D eigenvalue weighted by molar-refractivity contribution is -0.136. The number of carboxylic acid groups (broad SMARTS) is 1. The van der Waals surface area contributed by atoms with Crippen LogP contribution in [0.25, 0.3) is 0 Å². The van der Waals surface area contributed by atoms with Crippen LogP contribution in [0, 0.1) is 0 Å². The van der Waals surface area contributed by atoms with Crippen molar-refractivity contribution >= 4 is 18.4 Å². The summed E-state index contributed by atoms with van der Waals surface area (Å²) in [6.45, 7) is 7.98. The van der Waals surface area contributed by atoms with Gasteiger partial charge in [-0.05, 0) is 20.0 Å². The first kappa shape index (κ1) is 15.2. The van der Waals surface area contributed by atoms with Crippen molar-refractivity contribution < 1.29 is 9.90 Å². The number of aliphatic carboxylic acids is 1. The minimum Gasteiger partial charge on any atom is -0.480 e. The van der Waals surface area contributed by atoms with Gasteiger partial charge in [-0.15, -0.1) is 12.4 Å². The molecular formula is C8H19ClN2O2. The van der Waals surface area contributed by atoms with E-state index in [1.165, 1.54) is 0 Å². The molecule has 0 rings (SSSR count). The van der Waals surface area contributed by atoms with Crippen molar-refractivity contribution in [3.8, 4) is 0 Å². The Morgan fingerprint density at radius 3 is 2.23 bits per heavy atom. The van der Waals surface area contributed by atoms with Gasteiger partial charge in [-0.3, -0.25) is 15.0 Å². The van der Waals surface area contributed by atoms with E-state index in [9.17, 15) is 4.79 Å². The van der Waals surface area contributed by atoms with E-state index in [2.05, 4.69) is 24.1 Å². The molecule has 0 aromatic heterocycles. The molecule has 4 nitrogen and oxygen atoms in total. The number of halogens is 1. The van der Waals surface area contributed by atoms with Gasteiger partial charge in [-0.1, -0.05) is 13.8 Å². The van der Waals surface area contributed by atoms with Crippen LogP contribution >= 0.6 is 12.4 Å². The van der Waals surface area contributed by atoms with Gasteiger partial charge in [-0.2, -0.15) is 0 Å². The van der Waals surface area contributed by atoms with E-state index >= 15 is 0 Å². The van der Waals surface area contributed by atoms with Crippen LogP contribution in [0.15, 0.2) is 0 Å². The zero-order valence-electron chi connectivity index (χ0n) is 8.41. The molecule has 13 heavy (non-hydrogen) atoms. The van der Waals surface area contributed by atoms with Crippen molar-refractivity contribution in [1.82, 2.24) is 10.2 Å². The molecule has 0 radical (unpaired) electrons. The van der Waals surface area contributed by atoms with Crippen molar-refractivity contribution in [2.45, 2.75) is 26.9 Å². The zero-order valence-corrected chi connectivity index (χ0v) is 9.23. The number of nitrogens with one attached hydrogen (secondary N) is 1. The smallest absolute Gasteiger partial charge is 0.317 e. The van der Waals surface area contributed by atoms with E-state index in [0.29, 0.717) is 0 Å². The molecule has 0 fully saturated rings. The lowest BCUT2D eigenvalue weighted by atomic mass is 10.4. The van der Waals surface area contributed by atoms with Crippen LogP contribution in [0.3, 0.4) is 0 Å². The number of hydrogen-bond acceptors (Lipinski definition) is 3. The molecule has 2 N–H and O–H groups in total. The SMILES string of the molecule is CCN(CC)C(C)NCC(=O)O.Cl. The quantitative estimate of drug-likeness (QED) is 0.636. The summed E-state index contributed by atoms with van der Waals surface area (Å²) >= 11 is 0. The normalized spacial score (nSPS) is 12.3. The fourth-order valence-electron chi connectivity index (χ4n) is 1.14. The summed E-state index contributed by atoms with van der Waals surface area (Å²) in [6.07, 6.45) is 0.135. The highest BCUT2D eigenvalue weighted by atomic mass is 35.5. The maximum Gasteiger partial charge on any atom is 0.317 e. The molecule has 1 atom stereocenters. The predicted octanol–water partition coefficient (Wildman–Crippen LogP) is 0.770. The Kier molecular flexibility index (Phi) is 9.67. The van der Waals surface area contributed by atoms with E-state index in [1.807, 2.05) is 6.92 Å². The molecule has 80 valence electrons. The molecule has 0 aromatic rings. The van der Waals surface area contributed by atoms with E-state index in [1.54, 1.807) is 0 Å². The number of rotatable bonds is 6. The van der Waals surface area contributed by atoms with Gasteiger partial charge < -0.3 is 5.11 Å². The van der Waals surface area contributed by atoms with E-state index in [4.69, 9.17) is 5.11 Å². The average Bonchev–Trinajstić information content (AvgIpc) is 2.03. The molecule has 1 unspecified atom stereocenters. The summed E-state index contributed by atoms with van der Waals surface area (Å²) in [6, 6.07) is 0. The predicted molar refractivity (Wildman–Crippen MR) is 55.3 cm³/mol. The van der Waals surface area contributed by atoms with Crippen LogP contribution in [0.5, 0.6) is 0 Å². The van der Waals surface area contributed by atoms with Gasteiger partial charge in [-0.25, -0.2) is 0 Å². The van der Waals surface area contributed by atoms with Crippen molar-refractivity contribution in [1.29, 1.82) is 0 Å². The second kappa shape index (κ2) is 8.29. The van der Waals surface area contributed by atoms with Gasteiger partial charge in [0.25, 0.3) is 0 Å². The van der Waals surface area contributed by atoms with Gasteiger partial charge in [0.05, 0.1) is 12.7 Å². The Morgan fingerprint density at radius 1 is 1.46 bits per heavy atom. The summed E-state index contributed by atoms with van der Waals surface area (Å²) in [7, 11) is 0. The molecular weight excluding hydrogens is 192 g/mol. The van der Waals surface area contributed by atoms with Crippen LogP contribution in [0.2, 0.25) is 0 Å². The Bertz CT molecular complexity index is 140. The highest BCUT2D eigenvalue weighted by molar-refractivity contribution is 5.85. The van der Waals surface area contributed by atoms with Gasteiger partial charge in [0.15, 0.2) is 0 Å². The first-order chi connectivity index (χ1) is 5.61. The molecule has 0 saturated carbocycles. The van der Waals surface area contributed by atoms with Gasteiger partial charge in [0.2, 0.25) is 0 Å². The Balaban J connectivity index is 0. The van der Waals surface area contributed by atoms with Crippen molar-refractivity contribution in [3.63, 3.8) is 0 Å². The van der Waals surface area contributed by atoms with E-state index in [0.717, 1.165) is 13.1 Å². The van der Waals surface area contributed by atoms with Crippen LogP contribution in [0.1, 0.15) is 20.8 Å². The third-order valence-electron chi connectivity index (χ3n) is 1.91. The average molecular weight is 211 g/mol. The van der Waals surface area contributed by atoms with Crippen LogP contribution in [-0.2, 0) is 4.79 Å². The van der Waals surface area contributed by atoms with E-state index in [-0.39, 0.29) is 25.1 Å². The Labute approximate surface area is 85.7 Å². The molecule has 5 heteroatoms. The molecule has 0 saturated heterocycles. The van der Waals surface area contributed by atoms with Crippen molar-refractivity contribution in [2.24, 2.45) is 0 Å². The van der Waals surface area contributed by atoms with Crippen LogP contribution in [-0.4, -0.2) is 41.8 Å². The highest BCUT2D eigenvalue weighted by Gasteiger charge is 2.09. The second-order valence-electron chi connectivity index (χ2n) is 2.67. The molecule has 0 spiro atoms. The van der Waals surface area contributed by atoms with Crippen molar-refractivity contribution in [3.05, 3.63) is 0 Å². The zero-order chi connectivity index (χ0) is 9.56. The second-order valence-corrected chi connectivity index (χ2v) is 2.67. The minimum absolute atomic E-state index is 0. The van der Waals surface area contributed by atoms with Gasteiger partial charge >= 0.3 is 5.97 Å². The third-order valence-corrected chi connectivity index (χ3v) is 1.91. The van der Waals surface area contributed by atoms with E-state index < -0.39 is 5.97 Å². The summed E-state index contributed by atoms with van der Waals surface area (Å²) < 4.78 is 0. The summed E-state index contributed by atoms with van der Waals surface area (Å²) in [5.41, 5.74) is 0. The summed E-state index contributed by atoms with van der Waals surface area (Å²) in [5, 5.41) is 11.3. The topological polar surface area (TPSA) is 52.6 Å². The standard InChI is InChI=1S/C8H18N2O2.ClH/c1-4-10(5-2)7(3)9-6-8(11)12;/h7,9H,4-6H2,1-3H3,(H,11,12);1H. The molecule has 0 aromatic carbocycles. The minimum atomic E-state index is -0.811. The summed E-state index contributed by atoms with van der Waals surface area (Å²) in [5.74, 6) is -0.811. The van der Waals surface area contributed by atoms with Gasteiger partial charge in [0, 0.05) is 0 Å². The molecule has 0 bridgehead atoms. The molecule has 0 heterocycles. The summed E-state index contributed by atoms with van der Waals surface area (Å²) in [4.78, 5) is 12.4. The Hall–Kier alpha value is -0.320. The maximum atomic E-state index is 10.2. The lowest BCUT2D eigenvalue weighted by Gasteiger charge is -2.26. The first-order valence-electron chi connectivity index (χ1n) is 4.31.